The summed E-state index contributed by atoms with van der Waals surface area (Å²) in [6, 6.07) is 4.31. The predicted molar refractivity (Wildman–Crippen MR) is 104 cm³/mol. The second kappa shape index (κ2) is 9.73. The zero-order valence-electron chi connectivity index (χ0n) is 15.4. The Morgan fingerprint density at radius 3 is 2.69 bits per heavy atom. The van der Waals surface area contributed by atoms with Crippen LogP contribution in [0.25, 0.3) is 0 Å². The Morgan fingerprint density at radius 1 is 1.38 bits per heavy atom. The molecule has 2 unspecified atom stereocenters. The maximum atomic E-state index is 12.9. The van der Waals surface area contributed by atoms with Gasteiger partial charge in [0.25, 0.3) is 5.91 Å². The van der Waals surface area contributed by atoms with Gasteiger partial charge in [-0.15, -0.1) is 0 Å². The molecule has 0 spiro atoms. The Labute approximate surface area is 178 Å². The molecule has 2 rings (SSSR count). The SMILES string of the molecule is CN(CCC#N)C(=O)COC(=O)C1CC(O)CN1S(=O)(=O)c1ccc(Cl)c(Cl)c1. The van der Waals surface area contributed by atoms with Gasteiger partial charge >= 0.3 is 5.97 Å². The van der Waals surface area contributed by atoms with Crippen molar-refractivity contribution in [3.63, 3.8) is 0 Å². The first-order valence-corrected chi connectivity index (χ1v) is 10.7. The molecular formula is C17H19Cl2N3O6S. The number of β-amino-alcohol motifs (C(OH)–C–C–N with tert-alkyl or cyclic N) is 1. The van der Waals surface area contributed by atoms with E-state index in [1.54, 1.807) is 0 Å². The number of benzene rings is 1. The normalized spacial score (nSPS) is 19.6. The molecule has 1 aliphatic rings. The van der Waals surface area contributed by atoms with Crippen LogP contribution in [0.5, 0.6) is 0 Å². The number of halogens is 2. The number of nitrogens with zero attached hydrogens (tertiary/aromatic N) is 3. The van der Waals surface area contributed by atoms with Gasteiger partial charge in [-0.1, -0.05) is 23.2 Å². The summed E-state index contributed by atoms with van der Waals surface area (Å²) in [6.45, 7) is -0.737. The number of rotatable bonds is 7. The smallest absolute Gasteiger partial charge is 0.325 e. The third-order valence-electron chi connectivity index (χ3n) is 4.33. The van der Waals surface area contributed by atoms with Crippen LogP contribution in [-0.4, -0.2) is 73.5 Å². The number of hydrogen-bond donors (Lipinski definition) is 1. The lowest BCUT2D eigenvalue weighted by molar-refractivity contribution is -0.154. The molecule has 1 fully saturated rings. The van der Waals surface area contributed by atoms with Crippen molar-refractivity contribution in [2.45, 2.75) is 29.9 Å². The largest absolute Gasteiger partial charge is 0.454 e. The number of esters is 1. The van der Waals surface area contributed by atoms with Crippen LogP contribution in [0.4, 0.5) is 0 Å². The van der Waals surface area contributed by atoms with E-state index in [2.05, 4.69) is 0 Å². The maximum absolute atomic E-state index is 12.9. The molecule has 1 amide bonds. The Kier molecular flexibility index (Phi) is 7.85. The molecule has 0 radical (unpaired) electrons. The molecule has 1 heterocycles. The van der Waals surface area contributed by atoms with E-state index >= 15 is 0 Å². The molecule has 12 heteroatoms. The standard InChI is InChI=1S/C17H19Cl2N3O6S/c1-21(6-2-5-20)16(24)10-28-17(25)15-7-11(23)9-22(15)29(26,27)12-3-4-13(18)14(19)8-12/h3-4,8,11,15,23H,2,6-7,9-10H2,1H3. The van der Waals surface area contributed by atoms with E-state index in [0.29, 0.717) is 0 Å². The molecule has 1 aromatic carbocycles. The van der Waals surface area contributed by atoms with E-state index < -0.39 is 40.7 Å². The van der Waals surface area contributed by atoms with Gasteiger partial charge in [-0.3, -0.25) is 9.59 Å². The maximum Gasteiger partial charge on any atom is 0.325 e. The van der Waals surface area contributed by atoms with E-state index in [-0.39, 0.29) is 40.9 Å². The van der Waals surface area contributed by atoms with Crippen LogP contribution >= 0.6 is 23.2 Å². The van der Waals surface area contributed by atoms with Crippen LogP contribution in [0.15, 0.2) is 23.1 Å². The van der Waals surface area contributed by atoms with Crippen LogP contribution in [0.2, 0.25) is 10.0 Å². The highest BCUT2D eigenvalue weighted by atomic mass is 35.5. The highest BCUT2D eigenvalue weighted by Gasteiger charge is 2.44. The third-order valence-corrected chi connectivity index (χ3v) is 6.94. The monoisotopic (exact) mass is 463 g/mol. The summed E-state index contributed by atoms with van der Waals surface area (Å²) < 4.78 is 31.6. The molecule has 2 atom stereocenters. The number of amides is 1. The summed E-state index contributed by atoms with van der Waals surface area (Å²) in [7, 11) is -2.72. The van der Waals surface area contributed by atoms with Crippen molar-refractivity contribution in [2.24, 2.45) is 0 Å². The van der Waals surface area contributed by atoms with E-state index in [4.69, 9.17) is 33.2 Å². The fourth-order valence-corrected chi connectivity index (χ4v) is 4.73. The molecule has 1 aliphatic heterocycles. The highest BCUT2D eigenvalue weighted by Crippen LogP contribution is 2.30. The minimum Gasteiger partial charge on any atom is -0.454 e. The summed E-state index contributed by atoms with van der Waals surface area (Å²) >= 11 is 11.7. The Morgan fingerprint density at radius 2 is 2.07 bits per heavy atom. The van der Waals surface area contributed by atoms with Gasteiger partial charge < -0.3 is 14.7 Å². The fourth-order valence-electron chi connectivity index (χ4n) is 2.72. The summed E-state index contributed by atoms with van der Waals surface area (Å²) in [5, 5.41) is 18.7. The van der Waals surface area contributed by atoms with Crippen molar-refractivity contribution in [1.29, 1.82) is 5.26 Å². The number of hydrogen-bond acceptors (Lipinski definition) is 7. The van der Waals surface area contributed by atoms with Crippen molar-refractivity contribution in [2.75, 3.05) is 26.7 Å². The second-order valence-electron chi connectivity index (χ2n) is 6.39. The zero-order chi connectivity index (χ0) is 21.8. The molecule has 0 aromatic heterocycles. The Hall–Kier alpha value is -1.90. The summed E-state index contributed by atoms with van der Waals surface area (Å²) in [4.78, 5) is 25.4. The third kappa shape index (κ3) is 5.58. The van der Waals surface area contributed by atoms with Crippen molar-refractivity contribution < 1.29 is 27.9 Å². The quantitative estimate of drug-likeness (QED) is 0.597. The molecular weight excluding hydrogens is 445 g/mol. The number of aliphatic hydroxyl groups is 1. The lowest BCUT2D eigenvalue weighted by atomic mass is 10.2. The number of ether oxygens (including phenoxy) is 1. The van der Waals surface area contributed by atoms with Gasteiger partial charge in [0.1, 0.15) is 6.04 Å². The van der Waals surface area contributed by atoms with E-state index in [9.17, 15) is 23.1 Å². The molecule has 29 heavy (non-hydrogen) atoms. The van der Waals surface area contributed by atoms with Gasteiger partial charge in [-0.05, 0) is 18.2 Å². The Balaban J connectivity index is 2.13. The van der Waals surface area contributed by atoms with Crippen LogP contribution in [0, 0.1) is 11.3 Å². The number of carbonyl (C=O) groups excluding carboxylic acids is 2. The zero-order valence-corrected chi connectivity index (χ0v) is 17.7. The summed E-state index contributed by atoms with van der Waals surface area (Å²) in [5.41, 5.74) is 0. The lowest BCUT2D eigenvalue weighted by Gasteiger charge is -2.23. The van der Waals surface area contributed by atoms with Crippen molar-refractivity contribution in [3.05, 3.63) is 28.2 Å². The summed E-state index contributed by atoms with van der Waals surface area (Å²) in [6.07, 6.45) is -1.11. The number of sulfonamides is 1. The van der Waals surface area contributed by atoms with Gasteiger partial charge in [0.2, 0.25) is 10.0 Å². The minimum atomic E-state index is -4.17. The average molecular weight is 464 g/mol. The average Bonchev–Trinajstić information content (AvgIpc) is 3.08. The van der Waals surface area contributed by atoms with Crippen molar-refractivity contribution in [1.82, 2.24) is 9.21 Å². The Bertz CT molecular complexity index is 934. The first kappa shape index (κ1) is 23.4. The lowest BCUT2D eigenvalue weighted by Crippen LogP contribution is -2.42. The van der Waals surface area contributed by atoms with Gasteiger partial charge in [-0.2, -0.15) is 9.57 Å². The number of carbonyl (C=O) groups is 2. The topological polar surface area (TPSA) is 128 Å². The molecule has 1 aromatic rings. The fraction of sp³-hybridized carbons (Fsp3) is 0.471. The van der Waals surface area contributed by atoms with Crippen molar-refractivity contribution in [3.8, 4) is 6.07 Å². The minimum absolute atomic E-state index is 0.0256. The molecule has 0 aliphatic carbocycles. The molecule has 9 nitrogen and oxygen atoms in total. The number of nitriles is 1. The van der Waals surface area contributed by atoms with E-state index in [1.807, 2.05) is 6.07 Å². The highest BCUT2D eigenvalue weighted by molar-refractivity contribution is 7.89. The molecule has 1 saturated heterocycles. The number of likely N-dealkylation sites (N-methyl/N-ethyl adjacent to an activating group) is 1. The molecule has 158 valence electrons. The van der Waals surface area contributed by atoms with E-state index in [0.717, 1.165) is 10.4 Å². The molecule has 1 N–H and O–H groups in total. The van der Waals surface area contributed by atoms with Gasteiger partial charge in [-0.25, -0.2) is 8.42 Å². The first-order valence-electron chi connectivity index (χ1n) is 8.50. The molecule has 0 bridgehead atoms. The second-order valence-corrected chi connectivity index (χ2v) is 9.09. The van der Waals surface area contributed by atoms with E-state index in [1.165, 1.54) is 24.1 Å². The van der Waals surface area contributed by atoms with Gasteiger partial charge in [0, 0.05) is 26.6 Å². The first-order chi connectivity index (χ1) is 13.6. The van der Waals surface area contributed by atoms with Gasteiger partial charge in [0.05, 0.1) is 33.5 Å². The predicted octanol–water partition coefficient (Wildman–Crippen LogP) is 1.03. The van der Waals surface area contributed by atoms with Crippen LogP contribution in [0.3, 0.4) is 0 Å². The van der Waals surface area contributed by atoms with Crippen LogP contribution < -0.4 is 0 Å². The van der Waals surface area contributed by atoms with Gasteiger partial charge in [0.15, 0.2) is 6.61 Å². The van der Waals surface area contributed by atoms with Crippen molar-refractivity contribution >= 4 is 45.1 Å². The number of aliphatic hydroxyl groups excluding tert-OH is 1. The van der Waals surface area contributed by atoms with Crippen LogP contribution in [0.1, 0.15) is 12.8 Å². The molecule has 0 saturated carbocycles. The van der Waals surface area contributed by atoms with Crippen LogP contribution in [-0.2, 0) is 24.3 Å². The summed E-state index contributed by atoms with van der Waals surface area (Å²) in [5.74, 6) is -1.49.